The van der Waals surface area contributed by atoms with Gasteiger partial charge in [-0.25, -0.2) is 4.31 Å². The van der Waals surface area contributed by atoms with E-state index in [1.165, 1.54) is 18.4 Å². The van der Waals surface area contributed by atoms with Crippen molar-refractivity contribution in [2.75, 3.05) is 0 Å². The van der Waals surface area contributed by atoms with Gasteiger partial charge in [-0.1, -0.05) is 43.1 Å². The SMILES string of the molecule is SN(Cc1ccccc1)C(C1CC1)C1CCC=CO1. The Morgan fingerprint density at radius 3 is 2.63 bits per heavy atom. The van der Waals surface area contributed by atoms with Crippen molar-refractivity contribution in [1.82, 2.24) is 4.31 Å². The molecule has 1 aromatic carbocycles. The van der Waals surface area contributed by atoms with E-state index in [-0.39, 0.29) is 0 Å². The van der Waals surface area contributed by atoms with Gasteiger partial charge in [0.05, 0.1) is 12.3 Å². The quantitative estimate of drug-likeness (QED) is 0.821. The molecule has 1 saturated carbocycles. The van der Waals surface area contributed by atoms with E-state index in [0.29, 0.717) is 12.1 Å². The average Bonchev–Trinajstić information content (AvgIpc) is 3.26. The Morgan fingerprint density at radius 2 is 2.00 bits per heavy atom. The molecule has 3 heteroatoms. The highest BCUT2D eigenvalue weighted by Crippen LogP contribution is 2.40. The minimum absolute atomic E-state index is 0.304. The lowest BCUT2D eigenvalue weighted by Crippen LogP contribution is -2.41. The third kappa shape index (κ3) is 3.34. The van der Waals surface area contributed by atoms with Gasteiger partial charge in [0.2, 0.25) is 0 Å². The summed E-state index contributed by atoms with van der Waals surface area (Å²) in [5.74, 6) is 0.762. The van der Waals surface area contributed by atoms with Crippen molar-refractivity contribution in [3.63, 3.8) is 0 Å². The van der Waals surface area contributed by atoms with E-state index >= 15 is 0 Å². The molecule has 0 aromatic heterocycles. The van der Waals surface area contributed by atoms with Crippen LogP contribution in [0.2, 0.25) is 0 Å². The van der Waals surface area contributed by atoms with Crippen LogP contribution in [0.5, 0.6) is 0 Å². The summed E-state index contributed by atoms with van der Waals surface area (Å²) in [5.41, 5.74) is 1.31. The lowest BCUT2D eigenvalue weighted by atomic mass is 9.99. The van der Waals surface area contributed by atoms with Crippen molar-refractivity contribution in [2.24, 2.45) is 5.92 Å². The molecule has 0 bridgehead atoms. The second kappa shape index (κ2) is 6.02. The minimum Gasteiger partial charge on any atom is -0.497 e. The first-order chi connectivity index (χ1) is 9.34. The summed E-state index contributed by atoms with van der Waals surface area (Å²) in [5, 5.41) is 0. The van der Waals surface area contributed by atoms with Gasteiger partial charge >= 0.3 is 0 Å². The second-order valence-corrected chi connectivity index (χ2v) is 6.05. The highest BCUT2D eigenvalue weighted by Gasteiger charge is 2.40. The Labute approximate surface area is 121 Å². The molecule has 0 spiro atoms. The molecule has 2 unspecified atom stereocenters. The molecule has 2 nitrogen and oxygen atoms in total. The van der Waals surface area contributed by atoms with Crippen LogP contribution >= 0.6 is 12.8 Å². The van der Waals surface area contributed by atoms with Gasteiger partial charge in [-0.05, 0) is 43.2 Å². The van der Waals surface area contributed by atoms with E-state index in [2.05, 4.69) is 40.7 Å². The molecule has 102 valence electrons. The Hall–Kier alpha value is -0.930. The lowest BCUT2D eigenvalue weighted by molar-refractivity contribution is 0.0491. The summed E-state index contributed by atoms with van der Waals surface area (Å²) in [6.45, 7) is 0.884. The number of benzene rings is 1. The molecule has 1 aliphatic carbocycles. The maximum Gasteiger partial charge on any atom is 0.115 e. The fourth-order valence-corrected chi connectivity index (χ4v) is 3.36. The summed E-state index contributed by atoms with van der Waals surface area (Å²) in [6.07, 6.45) is 9.16. The summed E-state index contributed by atoms with van der Waals surface area (Å²) < 4.78 is 8.02. The smallest absolute Gasteiger partial charge is 0.115 e. The Kier molecular flexibility index (Phi) is 4.14. The minimum atomic E-state index is 0.304. The number of hydrogen-bond donors (Lipinski definition) is 1. The van der Waals surface area contributed by atoms with Crippen LogP contribution in [0.1, 0.15) is 31.2 Å². The monoisotopic (exact) mass is 275 g/mol. The predicted molar refractivity (Wildman–Crippen MR) is 80.7 cm³/mol. The number of ether oxygens (including phenoxy) is 1. The Balaban J connectivity index is 1.67. The van der Waals surface area contributed by atoms with Crippen molar-refractivity contribution in [3.8, 4) is 0 Å². The van der Waals surface area contributed by atoms with Gasteiger partial charge in [-0.15, -0.1) is 0 Å². The third-order valence-electron chi connectivity index (χ3n) is 3.98. The Morgan fingerprint density at radius 1 is 1.21 bits per heavy atom. The van der Waals surface area contributed by atoms with E-state index in [1.54, 1.807) is 0 Å². The molecule has 1 heterocycles. The third-order valence-corrected chi connectivity index (χ3v) is 4.39. The maximum atomic E-state index is 5.83. The largest absolute Gasteiger partial charge is 0.497 e. The molecule has 0 amide bonds. The molecule has 0 N–H and O–H groups in total. The first kappa shape index (κ1) is 13.1. The van der Waals surface area contributed by atoms with E-state index < -0.39 is 0 Å². The van der Waals surface area contributed by atoms with Crippen molar-refractivity contribution in [1.29, 1.82) is 0 Å². The van der Waals surface area contributed by atoms with Crippen molar-refractivity contribution >= 4 is 12.8 Å². The molecule has 1 aromatic rings. The average molecular weight is 275 g/mol. The van der Waals surface area contributed by atoms with Gasteiger partial charge in [-0.2, -0.15) is 0 Å². The molecule has 2 atom stereocenters. The molecule has 19 heavy (non-hydrogen) atoms. The van der Waals surface area contributed by atoms with E-state index in [1.807, 2.05) is 6.26 Å². The standard InChI is InChI=1S/C16H21NOS/c19-17(12-13-6-2-1-3-7-13)16(14-9-10-14)15-8-4-5-11-18-15/h1-3,5-7,11,14-16,19H,4,8-10,12H2. The normalized spacial score (nSPS) is 24.2. The molecule has 3 rings (SSSR count). The summed E-state index contributed by atoms with van der Waals surface area (Å²) in [6, 6.07) is 11.0. The molecule has 2 aliphatic rings. The number of hydrogen-bond acceptors (Lipinski definition) is 3. The van der Waals surface area contributed by atoms with Crippen LogP contribution in [-0.4, -0.2) is 16.5 Å². The van der Waals surface area contributed by atoms with E-state index in [9.17, 15) is 0 Å². The van der Waals surface area contributed by atoms with Crippen LogP contribution in [0, 0.1) is 5.92 Å². The fraction of sp³-hybridized carbons (Fsp3) is 0.500. The molecule has 0 radical (unpaired) electrons. The van der Waals surface area contributed by atoms with Gasteiger partial charge < -0.3 is 4.74 Å². The van der Waals surface area contributed by atoms with Crippen LogP contribution in [0.4, 0.5) is 0 Å². The Bertz CT molecular complexity index is 430. The van der Waals surface area contributed by atoms with Crippen LogP contribution < -0.4 is 0 Å². The van der Waals surface area contributed by atoms with Crippen molar-refractivity contribution in [2.45, 2.75) is 44.4 Å². The molecule has 0 saturated heterocycles. The lowest BCUT2D eigenvalue weighted by Gasteiger charge is -2.34. The first-order valence-electron chi connectivity index (χ1n) is 7.14. The number of thiol groups is 1. The topological polar surface area (TPSA) is 12.5 Å². The van der Waals surface area contributed by atoms with Crippen LogP contribution in [0.25, 0.3) is 0 Å². The molecular weight excluding hydrogens is 254 g/mol. The van der Waals surface area contributed by atoms with E-state index in [4.69, 9.17) is 17.6 Å². The van der Waals surface area contributed by atoms with Gasteiger partial charge in [0.15, 0.2) is 0 Å². The van der Waals surface area contributed by atoms with Crippen molar-refractivity contribution in [3.05, 3.63) is 48.2 Å². The number of allylic oxidation sites excluding steroid dienone is 1. The fourth-order valence-electron chi connectivity index (χ4n) is 2.86. The van der Waals surface area contributed by atoms with Gasteiger partial charge in [-0.3, -0.25) is 0 Å². The van der Waals surface area contributed by atoms with Crippen LogP contribution in [0.3, 0.4) is 0 Å². The number of nitrogens with zero attached hydrogens (tertiary/aromatic N) is 1. The summed E-state index contributed by atoms with van der Waals surface area (Å²) >= 11 is 4.76. The van der Waals surface area contributed by atoms with E-state index in [0.717, 1.165) is 25.3 Å². The highest BCUT2D eigenvalue weighted by atomic mass is 32.1. The first-order valence-corrected chi connectivity index (χ1v) is 7.54. The maximum absolute atomic E-state index is 5.83. The molecule has 1 fully saturated rings. The van der Waals surface area contributed by atoms with Crippen LogP contribution in [-0.2, 0) is 11.3 Å². The predicted octanol–water partition coefficient (Wildman–Crippen LogP) is 3.80. The van der Waals surface area contributed by atoms with Gasteiger partial charge in [0.25, 0.3) is 0 Å². The zero-order chi connectivity index (χ0) is 13.1. The second-order valence-electron chi connectivity index (χ2n) is 5.53. The molecular formula is C16H21NOS. The van der Waals surface area contributed by atoms with Crippen LogP contribution in [0.15, 0.2) is 42.7 Å². The van der Waals surface area contributed by atoms with Crippen molar-refractivity contribution < 1.29 is 4.74 Å². The summed E-state index contributed by atoms with van der Waals surface area (Å²) in [7, 11) is 0. The zero-order valence-electron chi connectivity index (χ0n) is 11.1. The van der Waals surface area contributed by atoms with Gasteiger partial charge in [0.1, 0.15) is 6.10 Å². The number of rotatable bonds is 5. The zero-order valence-corrected chi connectivity index (χ0v) is 12.0. The van der Waals surface area contributed by atoms with Gasteiger partial charge in [0, 0.05) is 6.54 Å². The summed E-state index contributed by atoms with van der Waals surface area (Å²) in [4.78, 5) is 0. The molecule has 1 aliphatic heterocycles. The highest BCUT2D eigenvalue weighted by molar-refractivity contribution is 7.77.